The molecule has 1 aliphatic heterocycles. The van der Waals surface area contributed by atoms with Gasteiger partial charge in [-0.1, -0.05) is 26.7 Å². The summed E-state index contributed by atoms with van der Waals surface area (Å²) in [4.78, 5) is 13.7. The molecular formula is C14H27NO2. The summed E-state index contributed by atoms with van der Waals surface area (Å²) in [5, 5.41) is 9.21. The molecule has 0 aromatic rings. The van der Waals surface area contributed by atoms with Crippen LogP contribution in [0.2, 0.25) is 0 Å². The van der Waals surface area contributed by atoms with Crippen LogP contribution in [-0.2, 0) is 4.79 Å². The van der Waals surface area contributed by atoms with E-state index in [1.54, 1.807) is 0 Å². The molecular weight excluding hydrogens is 214 g/mol. The van der Waals surface area contributed by atoms with Gasteiger partial charge in [-0.25, -0.2) is 0 Å². The summed E-state index contributed by atoms with van der Waals surface area (Å²) in [6.45, 7) is 8.25. The Hall–Kier alpha value is -0.570. The lowest BCUT2D eigenvalue weighted by Gasteiger charge is -2.40. The molecule has 100 valence electrons. The number of hydrogen-bond acceptors (Lipinski definition) is 2. The molecule has 0 aromatic carbocycles. The Morgan fingerprint density at radius 1 is 1.24 bits per heavy atom. The molecule has 1 rings (SSSR count). The number of rotatable bonds is 6. The molecule has 1 aliphatic rings. The highest BCUT2D eigenvalue weighted by Crippen LogP contribution is 2.32. The zero-order valence-electron chi connectivity index (χ0n) is 11.5. The van der Waals surface area contributed by atoms with E-state index in [-0.39, 0.29) is 0 Å². The van der Waals surface area contributed by atoms with Crippen molar-refractivity contribution in [2.24, 2.45) is 5.41 Å². The summed E-state index contributed by atoms with van der Waals surface area (Å²) in [6, 6.07) is 0.670. The number of nitrogens with zero attached hydrogens (tertiary/aromatic N) is 1. The van der Waals surface area contributed by atoms with E-state index in [0.717, 1.165) is 25.9 Å². The normalized spacial score (nSPS) is 20.7. The van der Waals surface area contributed by atoms with E-state index in [9.17, 15) is 9.90 Å². The van der Waals surface area contributed by atoms with E-state index in [1.807, 2.05) is 6.92 Å². The Kier molecular flexibility index (Phi) is 5.44. The van der Waals surface area contributed by atoms with E-state index in [4.69, 9.17) is 0 Å². The third-order valence-corrected chi connectivity index (χ3v) is 4.18. The van der Waals surface area contributed by atoms with E-state index < -0.39 is 11.4 Å². The summed E-state index contributed by atoms with van der Waals surface area (Å²) >= 11 is 0. The van der Waals surface area contributed by atoms with Gasteiger partial charge in [0.05, 0.1) is 5.41 Å². The molecule has 1 heterocycles. The molecule has 1 saturated heterocycles. The maximum Gasteiger partial charge on any atom is 0.309 e. The van der Waals surface area contributed by atoms with Crippen LogP contribution < -0.4 is 0 Å². The molecule has 0 aliphatic carbocycles. The predicted octanol–water partition coefficient (Wildman–Crippen LogP) is 3.14. The van der Waals surface area contributed by atoms with Gasteiger partial charge >= 0.3 is 5.97 Å². The Morgan fingerprint density at radius 2 is 1.71 bits per heavy atom. The van der Waals surface area contributed by atoms with Crippen molar-refractivity contribution in [2.45, 2.75) is 65.3 Å². The van der Waals surface area contributed by atoms with Crippen molar-refractivity contribution in [3.05, 3.63) is 0 Å². The molecule has 1 N–H and O–H groups in total. The van der Waals surface area contributed by atoms with Gasteiger partial charge in [-0.05, 0) is 45.7 Å². The fraction of sp³-hybridized carbons (Fsp3) is 0.929. The van der Waals surface area contributed by atoms with Gasteiger partial charge in [0.1, 0.15) is 0 Å². The van der Waals surface area contributed by atoms with Gasteiger partial charge in [0.15, 0.2) is 0 Å². The van der Waals surface area contributed by atoms with Crippen molar-refractivity contribution < 1.29 is 9.90 Å². The van der Waals surface area contributed by atoms with Crippen LogP contribution in [0.15, 0.2) is 0 Å². The molecule has 0 aromatic heterocycles. The lowest BCUT2D eigenvalue weighted by atomic mass is 9.80. The minimum Gasteiger partial charge on any atom is -0.481 e. The summed E-state index contributed by atoms with van der Waals surface area (Å²) in [5.41, 5.74) is -0.487. The first kappa shape index (κ1) is 14.5. The molecule has 3 heteroatoms. The standard InChI is InChI=1S/C14H27NO2/c1-4-6-12(7-5-2)15-10-8-14(3,9-11-15)13(16)17/h12H,4-11H2,1-3H3,(H,16,17). The largest absolute Gasteiger partial charge is 0.481 e. The SMILES string of the molecule is CCCC(CCC)N1CCC(C)(C(=O)O)CC1. The highest BCUT2D eigenvalue weighted by Gasteiger charge is 2.37. The van der Waals surface area contributed by atoms with Crippen molar-refractivity contribution in [1.82, 2.24) is 4.90 Å². The Labute approximate surface area is 105 Å². The van der Waals surface area contributed by atoms with Crippen LogP contribution in [0, 0.1) is 5.41 Å². The first-order chi connectivity index (χ1) is 8.03. The summed E-state index contributed by atoms with van der Waals surface area (Å²) in [5.74, 6) is -0.625. The summed E-state index contributed by atoms with van der Waals surface area (Å²) < 4.78 is 0. The maximum atomic E-state index is 11.2. The van der Waals surface area contributed by atoms with Crippen molar-refractivity contribution in [3.63, 3.8) is 0 Å². The summed E-state index contributed by atoms with van der Waals surface area (Å²) in [6.07, 6.45) is 6.53. The third-order valence-electron chi connectivity index (χ3n) is 4.18. The lowest BCUT2D eigenvalue weighted by Crippen LogP contribution is -2.46. The topological polar surface area (TPSA) is 40.5 Å². The van der Waals surface area contributed by atoms with E-state index in [1.165, 1.54) is 25.7 Å². The van der Waals surface area contributed by atoms with Crippen LogP contribution in [0.5, 0.6) is 0 Å². The van der Waals surface area contributed by atoms with E-state index in [2.05, 4.69) is 18.7 Å². The zero-order chi connectivity index (χ0) is 12.9. The zero-order valence-corrected chi connectivity index (χ0v) is 11.5. The number of carbonyl (C=O) groups is 1. The smallest absolute Gasteiger partial charge is 0.309 e. The molecule has 0 spiro atoms. The van der Waals surface area contributed by atoms with Gasteiger partial charge in [0.25, 0.3) is 0 Å². The highest BCUT2D eigenvalue weighted by molar-refractivity contribution is 5.74. The quantitative estimate of drug-likeness (QED) is 0.776. The Morgan fingerprint density at radius 3 is 2.06 bits per heavy atom. The number of piperidine rings is 1. The Bertz CT molecular complexity index is 239. The van der Waals surface area contributed by atoms with Gasteiger partial charge in [-0.3, -0.25) is 4.79 Å². The van der Waals surface area contributed by atoms with Crippen molar-refractivity contribution in [3.8, 4) is 0 Å². The van der Waals surface area contributed by atoms with Crippen molar-refractivity contribution in [1.29, 1.82) is 0 Å². The number of hydrogen-bond donors (Lipinski definition) is 1. The molecule has 17 heavy (non-hydrogen) atoms. The van der Waals surface area contributed by atoms with Crippen LogP contribution in [0.25, 0.3) is 0 Å². The number of likely N-dealkylation sites (tertiary alicyclic amines) is 1. The molecule has 0 radical (unpaired) electrons. The number of carboxylic acid groups (broad SMARTS) is 1. The minimum absolute atomic E-state index is 0.487. The molecule has 0 unspecified atom stereocenters. The van der Waals surface area contributed by atoms with Crippen LogP contribution in [0.4, 0.5) is 0 Å². The second-order valence-electron chi connectivity index (χ2n) is 5.63. The molecule has 0 amide bonds. The average molecular weight is 241 g/mol. The van der Waals surface area contributed by atoms with Crippen LogP contribution >= 0.6 is 0 Å². The Balaban J connectivity index is 2.51. The summed E-state index contributed by atoms with van der Waals surface area (Å²) in [7, 11) is 0. The van der Waals surface area contributed by atoms with E-state index in [0.29, 0.717) is 6.04 Å². The molecule has 1 fully saturated rings. The van der Waals surface area contributed by atoms with Crippen LogP contribution in [0.3, 0.4) is 0 Å². The monoisotopic (exact) mass is 241 g/mol. The third kappa shape index (κ3) is 3.70. The molecule has 0 saturated carbocycles. The number of carboxylic acids is 1. The predicted molar refractivity (Wildman–Crippen MR) is 70.2 cm³/mol. The highest BCUT2D eigenvalue weighted by atomic mass is 16.4. The van der Waals surface area contributed by atoms with Crippen molar-refractivity contribution >= 4 is 5.97 Å². The van der Waals surface area contributed by atoms with Crippen LogP contribution in [-0.4, -0.2) is 35.1 Å². The number of aliphatic carboxylic acids is 1. The van der Waals surface area contributed by atoms with E-state index >= 15 is 0 Å². The second-order valence-corrected chi connectivity index (χ2v) is 5.63. The second kappa shape index (κ2) is 6.39. The van der Waals surface area contributed by atoms with Gasteiger partial charge in [-0.2, -0.15) is 0 Å². The maximum absolute atomic E-state index is 11.2. The van der Waals surface area contributed by atoms with Crippen LogP contribution in [0.1, 0.15) is 59.3 Å². The fourth-order valence-corrected chi connectivity index (χ4v) is 2.77. The molecule has 0 bridgehead atoms. The lowest BCUT2D eigenvalue weighted by molar-refractivity contribution is -0.151. The molecule has 0 atom stereocenters. The fourth-order valence-electron chi connectivity index (χ4n) is 2.77. The van der Waals surface area contributed by atoms with Gasteiger partial charge in [0, 0.05) is 6.04 Å². The minimum atomic E-state index is -0.625. The first-order valence-corrected chi connectivity index (χ1v) is 7.01. The van der Waals surface area contributed by atoms with Gasteiger partial charge in [-0.15, -0.1) is 0 Å². The molecule has 3 nitrogen and oxygen atoms in total. The van der Waals surface area contributed by atoms with Crippen molar-refractivity contribution in [2.75, 3.05) is 13.1 Å². The first-order valence-electron chi connectivity index (χ1n) is 7.01. The van der Waals surface area contributed by atoms with Gasteiger partial charge in [0.2, 0.25) is 0 Å². The van der Waals surface area contributed by atoms with Gasteiger partial charge < -0.3 is 10.0 Å². The average Bonchev–Trinajstić information content (AvgIpc) is 2.30.